The second kappa shape index (κ2) is 6.16. The number of fused-ring (bicyclic) bond motifs is 4. The zero-order valence-electron chi connectivity index (χ0n) is 15.4. The highest BCUT2D eigenvalue weighted by molar-refractivity contribution is 7.90. The Balaban J connectivity index is 1.91. The van der Waals surface area contributed by atoms with E-state index in [1.165, 1.54) is 21.9 Å². The van der Waals surface area contributed by atoms with E-state index in [1.807, 2.05) is 25.3 Å². The summed E-state index contributed by atoms with van der Waals surface area (Å²) in [5.74, 6) is 0. The van der Waals surface area contributed by atoms with Crippen LogP contribution >= 0.6 is 22.9 Å². The minimum Gasteiger partial charge on any atom is -0.267 e. The zero-order chi connectivity index (χ0) is 20.5. The number of thiophene rings is 1. The molecule has 0 N–H and O–H groups in total. The van der Waals surface area contributed by atoms with Crippen LogP contribution in [0.25, 0.3) is 26.6 Å². The maximum absolute atomic E-state index is 13.2. The summed E-state index contributed by atoms with van der Waals surface area (Å²) in [6.07, 6.45) is 1.45. The summed E-state index contributed by atoms with van der Waals surface area (Å²) in [7, 11) is -3.87. The Kier molecular flexibility index (Phi) is 3.90. The molecule has 4 aromatic heterocycles. The number of pyridine rings is 1. The highest BCUT2D eigenvalue weighted by Gasteiger charge is 2.23. The van der Waals surface area contributed by atoms with Crippen LogP contribution in [-0.2, 0) is 10.0 Å². The lowest BCUT2D eigenvalue weighted by molar-refractivity contribution is 0.588. The molecule has 146 valence electrons. The first-order valence-electron chi connectivity index (χ1n) is 8.72. The first-order valence-corrected chi connectivity index (χ1v) is 11.4. The first kappa shape index (κ1) is 18.4. The molecule has 29 heavy (non-hydrogen) atoms. The second-order valence-corrected chi connectivity index (χ2v) is 9.89. The molecule has 0 bridgehead atoms. The summed E-state index contributed by atoms with van der Waals surface area (Å²) in [4.78, 5) is 17.4. The van der Waals surface area contributed by atoms with Crippen molar-refractivity contribution in [3.63, 3.8) is 0 Å². The number of hydrogen-bond acceptors (Lipinski definition) is 5. The summed E-state index contributed by atoms with van der Waals surface area (Å²) >= 11 is 7.72. The molecule has 9 heteroatoms. The number of rotatable bonds is 2. The average Bonchev–Trinajstić information content (AvgIpc) is 3.33. The van der Waals surface area contributed by atoms with Crippen molar-refractivity contribution in [2.75, 3.05) is 0 Å². The van der Waals surface area contributed by atoms with Gasteiger partial charge in [-0.25, -0.2) is 16.8 Å². The molecular weight excluding hydrogens is 430 g/mol. The van der Waals surface area contributed by atoms with Crippen LogP contribution in [0.15, 0.2) is 57.7 Å². The van der Waals surface area contributed by atoms with E-state index in [2.05, 4.69) is 4.98 Å². The number of hydrogen-bond donors (Lipinski definition) is 0. The van der Waals surface area contributed by atoms with Crippen molar-refractivity contribution < 1.29 is 8.42 Å². The third kappa shape index (κ3) is 2.49. The summed E-state index contributed by atoms with van der Waals surface area (Å²) in [5.41, 5.74) is 2.30. The lowest BCUT2D eigenvalue weighted by Gasteiger charge is -2.11. The van der Waals surface area contributed by atoms with Crippen LogP contribution in [0.2, 0.25) is 5.28 Å². The van der Waals surface area contributed by atoms with Gasteiger partial charge >= 0.3 is 0 Å². The van der Waals surface area contributed by atoms with Gasteiger partial charge in [0.05, 0.1) is 10.4 Å². The van der Waals surface area contributed by atoms with Crippen LogP contribution in [0.4, 0.5) is 0 Å². The number of aromatic nitrogens is 3. The normalized spacial score (nSPS) is 12.4. The van der Waals surface area contributed by atoms with Crippen LogP contribution < -0.4 is 5.56 Å². The lowest BCUT2D eigenvalue weighted by atomic mass is 10.1. The number of nitrogens with zero attached hydrogens (tertiary/aromatic N) is 3. The van der Waals surface area contributed by atoms with Gasteiger partial charge in [-0.3, -0.25) is 4.79 Å². The summed E-state index contributed by atoms with van der Waals surface area (Å²) in [6, 6.07) is 10.1. The fourth-order valence-electron chi connectivity index (χ4n) is 3.62. The molecule has 6 nitrogen and oxygen atoms in total. The highest BCUT2D eigenvalue weighted by atomic mass is 35.5. The monoisotopic (exact) mass is 443 g/mol. The van der Waals surface area contributed by atoms with Gasteiger partial charge in [0.15, 0.2) is 5.65 Å². The number of aryl methyl sites for hydroxylation is 2. The van der Waals surface area contributed by atoms with Crippen LogP contribution in [-0.4, -0.2) is 21.8 Å². The van der Waals surface area contributed by atoms with E-state index in [-0.39, 0.29) is 21.4 Å². The largest absolute Gasteiger partial charge is 0.275 e. The molecule has 5 aromatic rings. The predicted molar refractivity (Wildman–Crippen MR) is 116 cm³/mol. The van der Waals surface area contributed by atoms with Crippen LogP contribution in [0, 0.1) is 13.8 Å². The smallest absolute Gasteiger partial charge is 0.267 e. The summed E-state index contributed by atoms with van der Waals surface area (Å²) in [5, 5.41) is 3.16. The van der Waals surface area contributed by atoms with E-state index >= 15 is 0 Å². The molecule has 0 aliphatic heterocycles. The fraction of sp³-hybridized carbons (Fsp3) is 0.100. The Labute approximate surface area is 174 Å². The van der Waals surface area contributed by atoms with Crippen molar-refractivity contribution >= 4 is 59.6 Å². The molecule has 4 heterocycles. The quantitative estimate of drug-likeness (QED) is 0.380. The van der Waals surface area contributed by atoms with E-state index in [4.69, 9.17) is 11.6 Å². The topological polar surface area (TPSA) is 73.4 Å². The minimum atomic E-state index is -3.87. The van der Waals surface area contributed by atoms with Gasteiger partial charge in [0.25, 0.3) is 15.6 Å². The van der Waals surface area contributed by atoms with Crippen molar-refractivity contribution in [3.05, 3.63) is 74.7 Å². The van der Waals surface area contributed by atoms with E-state index in [9.17, 15) is 13.2 Å². The van der Waals surface area contributed by atoms with Gasteiger partial charge in [0, 0.05) is 17.0 Å². The van der Waals surface area contributed by atoms with Gasteiger partial charge in [-0.15, -0.1) is 11.3 Å². The molecule has 0 fully saturated rings. The Morgan fingerprint density at radius 2 is 1.76 bits per heavy atom. The molecule has 0 spiro atoms. The first-order chi connectivity index (χ1) is 13.8. The van der Waals surface area contributed by atoms with Gasteiger partial charge in [-0.2, -0.15) is 4.98 Å². The minimum absolute atomic E-state index is 0.0741. The van der Waals surface area contributed by atoms with Gasteiger partial charge in [0.2, 0.25) is 5.28 Å². The molecule has 0 saturated heterocycles. The third-order valence-electron chi connectivity index (χ3n) is 5.09. The van der Waals surface area contributed by atoms with Crippen LogP contribution in [0.5, 0.6) is 0 Å². The Hall–Kier alpha value is -2.68. The SMILES string of the molecule is Cc1ccc(S(=O)(=O)n2ccc3c2nc(Cl)n2c(=O)c4sccc4c(C)c32)cc1. The third-order valence-corrected chi connectivity index (χ3v) is 7.92. The maximum atomic E-state index is 13.2. The van der Waals surface area contributed by atoms with Gasteiger partial charge < -0.3 is 0 Å². The van der Waals surface area contributed by atoms with E-state index in [0.29, 0.717) is 15.6 Å². The van der Waals surface area contributed by atoms with Crippen LogP contribution in [0.3, 0.4) is 0 Å². The maximum Gasteiger partial charge on any atom is 0.275 e. The van der Waals surface area contributed by atoms with Gasteiger partial charge in [0.1, 0.15) is 4.70 Å². The molecule has 0 unspecified atom stereocenters. The predicted octanol–water partition coefficient (Wildman–Crippen LogP) is 4.37. The standard InChI is InChI=1S/C20H14ClN3O3S2/c1-11-3-5-13(6-4-11)29(26,27)23-9-7-15-16-12(2)14-8-10-28-17(14)19(25)24(16)20(21)22-18(15)23/h3-10H,1-2H3. The fourth-order valence-corrected chi connectivity index (χ4v) is 6.04. The average molecular weight is 444 g/mol. The Morgan fingerprint density at radius 3 is 2.48 bits per heavy atom. The van der Waals surface area contributed by atoms with Crippen molar-refractivity contribution in [2.45, 2.75) is 18.7 Å². The molecule has 1 aromatic carbocycles. The zero-order valence-corrected chi connectivity index (χ0v) is 17.8. The van der Waals surface area contributed by atoms with E-state index in [0.717, 1.165) is 20.5 Å². The summed E-state index contributed by atoms with van der Waals surface area (Å²) in [6.45, 7) is 3.78. The molecular formula is C20H14ClN3O3S2. The molecule has 0 radical (unpaired) electrons. The van der Waals surface area contributed by atoms with Crippen molar-refractivity contribution in [1.82, 2.24) is 13.4 Å². The van der Waals surface area contributed by atoms with Gasteiger partial charge in [-0.05, 0) is 60.7 Å². The van der Waals surface area contributed by atoms with E-state index < -0.39 is 10.0 Å². The van der Waals surface area contributed by atoms with Gasteiger partial charge in [-0.1, -0.05) is 17.7 Å². The van der Waals surface area contributed by atoms with Crippen molar-refractivity contribution in [2.24, 2.45) is 0 Å². The molecule has 0 aliphatic carbocycles. The molecule has 0 amide bonds. The highest BCUT2D eigenvalue weighted by Crippen LogP contribution is 2.31. The molecule has 0 aliphatic rings. The van der Waals surface area contributed by atoms with Crippen molar-refractivity contribution in [1.29, 1.82) is 0 Å². The molecule has 0 saturated carbocycles. The van der Waals surface area contributed by atoms with E-state index in [1.54, 1.807) is 30.3 Å². The summed E-state index contributed by atoms with van der Waals surface area (Å²) < 4.78 is 29.5. The molecule has 0 atom stereocenters. The second-order valence-electron chi connectivity index (χ2n) is 6.83. The van der Waals surface area contributed by atoms with Crippen LogP contribution in [0.1, 0.15) is 11.1 Å². The number of halogens is 1. The lowest BCUT2D eigenvalue weighted by Crippen LogP contribution is -2.17. The Morgan fingerprint density at radius 1 is 1.03 bits per heavy atom. The number of benzene rings is 1. The molecule has 5 rings (SSSR count). The van der Waals surface area contributed by atoms with Crippen molar-refractivity contribution in [3.8, 4) is 0 Å². The Bertz CT molecular complexity index is 1610.